The van der Waals surface area contributed by atoms with Crippen LogP contribution >= 0.6 is 0 Å². The molecule has 3 N–H and O–H groups in total. The number of amides is 2. The fourth-order valence-corrected chi connectivity index (χ4v) is 4.11. The average molecular weight is 463 g/mol. The summed E-state index contributed by atoms with van der Waals surface area (Å²) in [5.74, 6) is -0.894. The summed E-state index contributed by atoms with van der Waals surface area (Å²) < 4.78 is 11.0. The number of hydrogen-bond acceptors (Lipinski definition) is 5. The minimum absolute atomic E-state index is 0.0276. The number of ether oxygens (including phenoxy) is 1. The van der Waals surface area contributed by atoms with Gasteiger partial charge in [0.05, 0.1) is 6.54 Å². The Morgan fingerprint density at radius 2 is 1.65 bits per heavy atom. The largest absolute Gasteiger partial charge is 0.481 e. The lowest BCUT2D eigenvalue weighted by Crippen LogP contribution is -2.32. The number of hydrogen-bond donors (Lipinski definition) is 3. The van der Waals surface area contributed by atoms with Gasteiger partial charge in [-0.05, 0) is 47.7 Å². The molecule has 0 saturated carbocycles. The number of nitrogens with one attached hydrogen (secondary N) is 2. The number of fused-ring (bicyclic) bond motifs is 3. The highest BCUT2D eigenvalue weighted by Crippen LogP contribution is 2.44. The first-order valence-electron chi connectivity index (χ1n) is 11.1. The van der Waals surface area contributed by atoms with E-state index in [-0.39, 0.29) is 37.3 Å². The Hall–Kier alpha value is -4.07. The van der Waals surface area contributed by atoms with E-state index in [9.17, 15) is 14.4 Å². The van der Waals surface area contributed by atoms with E-state index in [4.69, 9.17) is 14.3 Å². The van der Waals surface area contributed by atoms with Gasteiger partial charge in [0.25, 0.3) is 5.91 Å². The first kappa shape index (κ1) is 23.1. The highest BCUT2D eigenvalue weighted by atomic mass is 16.5. The van der Waals surface area contributed by atoms with Gasteiger partial charge in [-0.1, -0.05) is 48.5 Å². The second-order valence-corrected chi connectivity index (χ2v) is 8.25. The predicted molar refractivity (Wildman–Crippen MR) is 124 cm³/mol. The molecule has 0 aliphatic heterocycles. The molecule has 1 atom stereocenters. The van der Waals surface area contributed by atoms with E-state index >= 15 is 0 Å². The van der Waals surface area contributed by atoms with Crippen molar-refractivity contribution in [1.82, 2.24) is 10.6 Å². The molecule has 34 heavy (non-hydrogen) atoms. The minimum Gasteiger partial charge on any atom is -0.481 e. The SMILES string of the molecule is CC(CCC(=O)O)NC(=O)c1ccc(CNC(=O)OCC2c3ccccc3-c3ccccc32)o1. The molecule has 3 aromatic rings. The molecule has 1 aliphatic carbocycles. The number of benzene rings is 2. The van der Waals surface area contributed by atoms with Crippen molar-refractivity contribution in [2.45, 2.75) is 38.3 Å². The van der Waals surface area contributed by atoms with Gasteiger partial charge in [0.15, 0.2) is 5.76 Å². The van der Waals surface area contributed by atoms with Crippen molar-refractivity contribution in [3.63, 3.8) is 0 Å². The van der Waals surface area contributed by atoms with Crippen LogP contribution in [-0.2, 0) is 16.1 Å². The Labute approximate surface area is 196 Å². The summed E-state index contributed by atoms with van der Waals surface area (Å²) in [7, 11) is 0. The average Bonchev–Trinajstić information content (AvgIpc) is 3.43. The van der Waals surface area contributed by atoms with E-state index < -0.39 is 18.0 Å². The minimum atomic E-state index is -0.916. The van der Waals surface area contributed by atoms with Crippen LogP contribution in [0.15, 0.2) is 65.1 Å². The van der Waals surface area contributed by atoms with Gasteiger partial charge in [-0.3, -0.25) is 9.59 Å². The van der Waals surface area contributed by atoms with Crippen molar-refractivity contribution in [1.29, 1.82) is 0 Å². The second-order valence-electron chi connectivity index (χ2n) is 8.25. The first-order valence-corrected chi connectivity index (χ1v) is 11.1. The van der Waals surface area contributed by atoms with Crippen LogP contribution in [0.25, 0.3) is 11.1 Å². The van der Waals surface area contributed by atoms with Crippen LogP contribution in [0.3, 0.4) is 0 Å². The molecule has 1 unspecified atom stereocenters. The van der Waals surface area contributed by atoms with Crippen LogP contribution in [0.4, 0.5) is 4.79 Å². The Morgan fingerprint density at radius 1 is 1.00 bits per heavy atom. The number of carbonyl (C=O) groups is 3. The zero-order valence-electron chi connectivity index (χ0n) is 18.7. The van der Waals surface area contributed by atoms with Crippen molar-refractivity contribution < 1.29 is 28.6 Å². The number of rotatable bonds is 9. The highest BCUT2D eigenvalue weighted by Gasteiger charge is 2.29. The molecule has 0 spiro atoms. The molecule has 0 fully saturated rings. The Kier molecular flexibility index (Phi) is 6.96. The molecule has 2 aromatic carbocycles. The summed E-state index contributed by atoms with van der Waals surface area (Å²) in [5.41, 5.74) is 4.59. The quantitative estimate of drug-likeness (QED) is 0.436. The monoisotopic (exact) mass is 462 g/mol. The number of alkyl carbamates (subject to hydrolysis) is 1. The van der Waals surface area contributed by atoms with Crippen molar-refractivity contribution in [2.24, 2.45) is 0 Å². The zero-order chi connectivity index (χ0) is 24.1. The maximum absolute atomic E-state index is 12.3. The van der Waals surface area contributed by atoms with E-state index in [1.54, 1.807) is 13.0 Å². The smallest absolute Gasteiger partial charge is 0.407 e. The number of carboxylic acid groups (broad SMARTS) is 1. The van der Waals surface area contributed by atoms with Gasteiger partial charge in [-0.25, -0.2) is 4.79 Å². The van der Waals surface area contributed by atoms with E-state index in [1.165, 1.54) is 6.07 Å². The molecule has 0 radical (unpaired) electrons. The molecule has 0 saturated heterocycles. The molecule has 176 valence electrons. The summed E-state index contributed by atoms with van der Waals surface area (Å²) >= 11 is 0. The van der Waals surface area contributed by atoms with Crippen LogP contribution in [0.2, 0.25) is 0 Å². The molecule has 0 bridgehead atoms. The first-order chi connectivity index (χ1) is 16.4. The predicted octanol–water partition coefficient (Wildman–Crippen LogP) is 4.30. The molecule has 4 rings (SSSR count). The van der Waals surface area contributed by atoms with Gasteiger partial charge < -0.3 is 24.9 Å². The summed E-state index contributed by atoms with van der Waals surface area (Å²) in [6.45, 7) is 2.00. The maximum Gasteiger partial charge on any atom is 0.407 e. The molecule has 8 heteroatoms. The van der Waals surface area contributed by atoms with E-state index in [1.807, 2.05) is 24.3 Å². The Balaban J connectivity index is 1.27. The Morgan fingerprint density at radius 3 is 2.29 bits per heavy atom. The third kappa shape index (κ3) is 5.28. The third-order valence-electron chi connectivity index (χ3n) is 5.80. The second kappa shape index (κ2) is 10.2. The van der Waals surface area contributed by atoms with Gasteiger partial charge in [-0.2, -0.15) is 0 Å². The summed E-state index contributed by atoms with van der Waals surface area (Å²) in [5, 5.41) is 14.1. The van der Waals surface area contributed by atoms with Gasteiger partial charge in [0.1, 0.15) is 12.4 Å². The standard InChI is InChI=1S/C26H26N2O6/c1-16(10-13-24(29)30)28-25(31)23-12-11-17(34-23)14-27-26(32)33-15-22-20-8-4-2-6-18(20)19-7-3-5-9-21(19)22/h2-9,11-12,16,22H,10,13-15H2,1H3,(H,27,32)(H,28,31)(H,29,30). The highest BCUT2D eigenvalue weighted by molar-refractivity contribution is 5.91. The van der Waals surface area contributed by atoms with Crippen molar-refractivity contribution in [3.8, 4) is 11.1 Å². The van der Waals surface area contributed by atoms with Crippen molar-refractivity contribution in [2.75, 3.05) is 6.61 Å². The summed E-state index contributed by atoms with van der Waals surface area (Å²) in [6, 6.07) is 19.0. The molecule has 1 aliphatic rings. The van der Waals surface area contributed by atoms with E-state index in [0.717, 1.165) is 22.3 Å². The number of furan rings is 1. The van der Waals surface area contributed by atoms with Crippen LogP contribution in [-0.4, -0.2) is 35.7 Å². The van der Waals surface area contributed by atoms with Gasteiger partial charge >= 0.3 is 12.1 Å². The fourth-order valence-electron chi connectivity index (χ4n) is 4.11. The molecule has 1 aromatic heterocycles. The molecule has 8 nitrogen and oxygen atoms in total. The van der Waals surface area contributed by atoms with E-state index in [0.29, 0.717) is 12.2 Å². The molecular weight excluding hydrogens is 436 g/mol. The zero-order valence-corrected chi connectivity index (χ0v) is 18.7. The lowest BCUT2D eigenvalue weighted by atomic mass is 9.98. The van der Waals surface area contributed by atoms with Gasteiger partial charge in [0.2, 0.25) is 0 Å². The lowest BCUT2D eigenvalue weighted by molar-refractivity contribution is -0.137. The molecule has 1 heterocycles. The topological polar surface area (TPSA) is 118 Å². The molecule has 2 amide bonds. The Bertz CT molecular complexity index is 1160. The summed E-state index contributed by atoms with van der Waals surface area (Å²) in [4.78, 5) is 35.2. The van der Waals surface area contributed by atoms with Crippen LogP contribution in [0.1, 0.15) is 53.1 Å². The number of carbonyl (C=O) groups excluding carboxylic acids is 2. The molecular formula is C26H26N2O6. The normalized spacial score (nSPS) is 13.0. The van der Waals surface area contributed by atoms with Crippen LogP contribution in [0, 0.1) is 0 Å². The van der Waals surface area contributed by atoms with E-state index in [2.05, 4.69) is 34.9 Å². The van der Waals surface area contributed by atoms with Crippen LogP contribution in [0.5, 0.6) is 0 Å². The van der Waals surface area contributed by atoms with Crippen LogP contribution < -0.4 is 10.6 Å². The number of aliphatic carboxylic acids is 1. The van der Waals surface area contributed by atoms with Gasteiger partial charge in [0, 0.05) is 18.4 Å². The van der Waals surface area contributed by atoms with Crippen molar-refractivity contribution >= 4 is 18.0 Å². The third-order valence-corrected chi connectivity index (χ3v) is 5.80. The van der Waals surface area contributed by atoms with Crippen molar-refractivity contribution in [3.05, 3.63) is 83.3 Å². The van der Waals surface area contributed by atoms with Gasteiger partial charge in [-0.15, -0.1) is 0 Å². The summed E-state index contributed by atoms with van der Waals surface area (Å²) in [6.07, 6.45) is -0.293. The fraction of sp³-hybridized carbons (Fsp3) is 0.269. The number of carboxylic acids is 1. The maximum atomic E-state index is 12.3. The lowest BCUT2D eigenvalue weighted by Gasteiger charge is -2.14.